The van der Waals surface area contributed by atoms with E-state index in [0.29, 0.717) is 23.4 Å². The van der Waals surface area contributed by atoms with Crippen LogP contribution >= 0.6 is 0 Å². The summed E-state index contributed by atoms with van der Waals surface area (Å²) in [5.41, 5.74) is 5.50. The van der Waals surface area contributed by atoms with Crippen LogP contribution in [0.2, 0.25) is 0 Å². The Balaban J connectivity index is 1.29. The lowest BCUT2D eigenvalue weighted by Gasteiger charge is -2.36. The molecule has 0 amide bonds. The second kappa shape index (κ2) is 11.2. The Labute approximate surface area is 230 Å². The maximum atomic E-state index is 13.3. The standard InChI is InChI=1S/C33H39N3O3/c1-5-24(2)33(3,4)22-30(37)36-29-16-10-15-28(31(29)39-32(36)38)35-19-17-34(18-20-35)23-25-11-9-14-27(21-25)26-12-7-6-8-13-26/h6-16,21,24H,5,17-20,22-23H2,1-4H3. The van der Waals surface area contributed by atoms with Gasteiger partial charge < -0.3 is 9.32 Å². The van der Waals surface area contributed by atoms with Gasteiger partial charge in [-0.05, 0) is 46.2 Å². The number of oxazole rings is 1. The fourth-order valence-electron chi connectivity index (χ4n) is 5.59. The van der Waals surface area contributed by atoms with Crippen molar-refractivity contribution in [1.29, 1.82) is 0 Å². The molecule has 0 spiro atoms. The summed E-state index contributed by atoms with van der Waals surface area (Å²) in [6, 6.07) is 24.9. The topological polar surface area (TPSA) is 58.7 Å². The molecule has 1 saturated heterocycles. The minimum Gasteiger partial charge on any atom is -0.405 e. The number of para-hydroxylation sites is 1. The molecular formula is C33H39N3O3. The molecule has 0 aliphatic carbocycles. The molecule has 1 aromatic heterocycles. The van der Waals surface area contributed by atoms with E-state index in [4.69, 9.17) is 4.42 Å². The monoisotopic (exact) mass is 525 g/mol. The average Bonchev–Trinajstić information content (AvgIpc) is 3.29. The molecule has 4 aromatic rings. The number of anilines is 1. The second-order valence-electron chi connectivity index (χ2n) is 11.5. The summed E-state index contributed by atoms with van der Waals surface area (Å²) in [4.78, 5) is 30.9. The van der Waals surface area contributed by atoms with E-state index in [1.54, 1.807) is 0 Å². The van der Waals surface area contributed by atoms with Crippen molar-refractivity contribution in [2.75, 3.05) is 31.1 Å². The Kier molecular flexibility index (Phi) is 7.76. The Morgan fingerprint density at radius 2 is 1.62 bits per heavy atom. The molecule has 2 heterocycles. The van der Waals surface area contributed by atoms with E-state index < -0.39 is 5.76 Å². The highest BCUT2D eigenvalue weighted by molar-refractivity contribution is 5.94. The van der Waals surface area contributed by atoms with Crippen molar-refractivity contribution in [2.24, 2.45) is 11.3 Å². The first-order valence-electron chi connectivity index (χ1n) is 14.1. The minimum absolute atomic E-state index is 0.205. The third-order valence-electron chi connectivity index (χ3n) is 8.54. The van der Waals surface area contributed by atoms with Gasteiger partial charge in [0.15, 0.2) is 5.58 Å². The van der Waals surface area contributed by atoms with Gasteiger partial charge in [0.05, 0.1) is 5.69 Å². The molecule has 1 unspecified atom stereocenters. The molecule has 5 rings (SSSR count). The predicted molar refractivity (Wildman–Crippen MR) is 158 cm³/mol. The van der Waals surface area contributed by atoms with Gasteiger partial charge in [-0.3, -0.25) is 9.69 Å². The van der Waals surface area contributed by atoms with Crippen LogP contribution in [0.25, 0.3) is 22.2 Å². The Morgan fingerprint density at radius 3 is 2.33 bits per heavy atom. The number of hydrogen-bond donors (Lipinski definition) is 0. The van der Waals surface area contributed by atoms with Crippen LogP contribution in [-0.2, 0) is 6.54 Å². The third kappa shape index (κ3) is 5.71. The fraction of sp³-hybridized carbons (Fsp3) is 0.394. The Morgan fingerprint density at radius 1 is 0.923 bits per heavy atom. The summed E-state index contributed by atoms with van der Waals surface area (Å²) < 4.78 is 6.95. The SMILES string of the molecule is CCC(C)C(C)(C)CC(=O)n1c(=O)oc2c(N3CCN(Cc4cccc(-c5ccccc5)c4)CC3)cccc21. The molecule has 6 heteroatoms. The van der Waals surface area contributed by atoms with Gasteiger partial charge in [0, 0.05) is 39.1 Å². The number of aromatic nitrogens is 1. The summed E-state index contributed by atoms with van der Waals surface area (Å²) in [5, 5.41) is 0. The number of hydrogen-bond acceptors (Lipinski definition) is 5. The number of piperazine rings is 1. The number of fused-ring (bicyclic) bond motifs is 1. The average molecular weight is 526 g/mol. The van der Waals surface area contributed by atoms with Crippen LogP contribution in [0.4, 0.5) is 5.69 Å². The molecule has 0 bridgehead atoms. The maximum Gasteiger partial charge on any atom is 0.426 e. The summed E-state index contributed by atoms with van der Waals surface area (Å²) in [5.74, 6) is -0.439. The number of carbonyl (C=O) groups is 1. The largest absolute Gasteiger partial charge is 0.426 e. The highest BCUT2D eigenvalue weighted by atomic mass is 16.4. The first kappa shape index (κ1) is 26.9. The first-order chi connectivity index (χ1) is 18.8. The van der Waals surface area contributed by atoms with Crippen LogP contribution < -0.4 is 10.7 Å². The van der Waals surface area contributed by atoms with Crippen molar-refractivity contribution < 1.29 is 9.21 Å². The number of benzene rings is 3. The van der Waals surface area contributed by atoms with Gasteiger partial charge in [-0.2, -0.15) is 0 Å². The zero-order chi connectivity index (χ0) is 27.6. The van der Waals surface area contributed by atoms with E-state index in [0.717, 1.165) is 44.8 Å². The van der Waals surface area contributed by atoms with Crippen molar-refractivity contribution in [1.82, 2.24) is 9.47 Å². The number of carbonyl (C=O) groups excluding carboxylic acids is 1. The van der Waals surface area contributed by atoms with Crippen LogP contribution in [0, 0.1) is 11.3 Å². The molecule has 0 radical (unpaired) electrons. The van der Waals surface area contributed by atoms with E-state index in [1.165, 1.54) is 21.3 Å². The normalized spacial score (nSPS) is 15.5. The van der Waals surface area contributed by atoms with Gasteiger partial charge in [-0.1, -0.05) is 88.7 Å². The van der Waals surface area contributed by atoms with Crippen molar-refractivity contribution in [3.8, 4) is 11.1 Å². The quantitative estimate of drug-likeness (QED) is 0.257. The maximum absolute atomic E-state index is 13.3. The van der Waals surface area contributed by atoms with E-state index in [2.05, 4.69) is 86.0 Å². The molecule has 1 aliphatic heterocycles. The highest BCUT2D eigenvalue weighted by Gasteiger charge is 2.30. The van der Waals surface area contributed by atoms with Crippen LogP contribution in [-0.4, -0.2) is 41.6 Å². The second-order valence-corrected chi connectivity index (χ2v) is 11.5. The van der Waals surface area contributed by atoms with E-state index in [9.17, 15) is 9.59 Å². The van der Waals surface area contributed by atoms with Crippen molar-refractivity contribution in [3.63, 3.8) is 0 Å². The Hall–Kier alpha value is -3.64. The molecule has 39 heavy (non-hydrogen) atoms. The Bertz CT molecular complexity index is 1490. The summed E-state index contributed by atoms with van der Waals surface area (Å²) in [6.07, 6.45) is 1.28. The summed E-state index contributed by atoms with van der Waals surface area (Å²) >= 11 is 0. The fourth-order valence-corrected chi connectivity index (χ4v) is 5.59. The van der Waals surface area contributed by atoms with Crippen molar-refractivity contribution in [2.45, 2.75) is 47.1 Å². The molecule has 6 nitrogen and oxygen atoms in total. The zero-order valence-electron chi connectivity index (χ0n) is 23.5. The van der Waals surface area contributed by atoms with Crippen molar-refractivity contribution in [3.05, 3.63) is 88.9 Å². The van der Waals surface area contributed by atoms with Gasteiger partial charge in [0.1, 0.15) is 5.52 Å². The molecule has 1 fully saturated rings. The molecule has 0 N–H and O–H groups in total. The summed E-state index contributed by atoms with van der Waals surface area (Å²) in [6.45, 7) is 12.8. The van der Waals surface area contributed by atoms with E-state index >= 15 is 0 Å². The number of rotatable bonds is 8. The lowest BCUT2D eigenvalue weighted by molar-refractivity contribution is 0.0797. The van der Waals surface area contributed by atoms with E-state index in [1.807, 2.05) is 24.3 Å². The van der Waals surface area contributed by atoms with Crippen LogP contribution in [0.1, 0.15) is 50.9 Å². The van der Waals surface area contributed by atoms with E-state index in [-0.39, 0.29) is 11.3 Å². The zero-order valence-corrected chi connectivity index (χ0v) is 23.5. The van der Waals surface area contributed by atoms with Crippen LogP contribution in [0.5, 0.6) is 0 Å². The van der Waals surface area contributed by atoms with Gasteiger partial charge in [0.2, 0.25) is 5.91 Å². The predicted octanol–water partition coefficient (Wildman–Crippen LogP) is 6.69. The molecule has 0 saturated carbocycles. The first-order valence-corrected chi connectivity index (χ1v) is 14.1. The van der Waals surface area contributed by atoms with Gasteiger partial charge >= 0.3 is 5.76 Å². The van der Waals surface area contributed by atoms with Gasteiger partial charge in [-0.15, -0.1) is 0 Å². The summed E-state index contributed by atoms with van der Waals surface area (Å²) in [7, 11) is 0. The molecule has 1 atom stereocenters. The van der Waals surface area contributed by atoms with Gasteiger partial charge in [0.25, 0.3) is 0 Å². The third-order valence-corrected chi connectivity index (χ3v) is 8.54. The molecule has 1 aliphatic rings. The van der Waals surface area contributed by atoms with Crippen molar-refractivity contribution >= 4 is 22.7 Å². The molecule has 204 valence electrons. The lowest BCUT2D eigenvalue weighted by atomic mass is 9.76. The van der Waals surface area contributed by atoms with Crippen LogP contribution in [0.3, 0.4) is 0 Å². The smallest absolute Gasteiger partial charge is 0.405 e. The highest BCUT2D eigenvalue weighted by Crippen LogP contribution is 2.34. The lowest BCUT2D eigenvalue weighted by Crippen LogP contribution is -2.46. The minimum atomic E-state index is -0.598. The van der Waals surface area contributed by atoms with Crippen LogP contribution in [0.15, 0.2) is 82.0 Å². The molecular weight excluding hydrogens is 486 g/mol. The van der Waals surface area contributed by atoms with Gasteiger partial charge in [-0.25, -0.2) is 9.36 Å². The molecule has 3 aromatic carbocycles. The number of nitrogens with zero attached hydrogens (tertiary/aromatic N) is 3.